The van der Waals surface area contributed by atoms with Gasteiger partial charge in [-0.15, -0.1) is 6.42 Å². The van der Waals surface area contributed by atoms with Crippen molar-refractivity contribution in [3.8, 4) is 23.6 Å². The Labute approximate surface area is 120 Å². The van der Waals surface area contributed by atoms with Crippen molar-refractivity contribution in [1.29, 1.82) is 0 Å². The highest BCUT2D eigenvalue weighted by Gasteiger charge is 2.17. The van der Waals surface area contributed by atoms with Crippen LogP contribution in [0.5, 0.6) is 0 Å². The summed E-state index contributed by atoms with van der Waals surface area (Å²) in [6.07, 6.45) is 6.46. The number of imidazole rings is 1. The van der Waals surface area contributed by atoms with E-state index in [2.05, 4.69) is 51.0 Å². The van der Waals surface area contributed by atoms with Crippen molar-refractivity contribution >= 4 is 5.82 Å². The quantitative estimate of drug-likeness (QED) is 0.862. The minimum atomic E-state index is 0.286. The average molecular weight is 267 g/mol. The first-order valence-electron chi connectivity index (χ1n) is 6.97. The Morgan fingerprint density at radius 3 is 2.45 bits per heavy atom. The molecular weight excluding hydrogens is 246 g/mol. The third-order valence-electron chi connectivity index (χ3n) is 3.44. The van der Waals surface area contributed by atoms with Crippen LogP contribution in [-0.4, -0.2) is 9.55 Å². The fraction of sp³-hybridized carbons (Fsp3) is 0.353. The predicted octanol–water partition coefficient (Wildman–Crippen LogP) is 3.45. The molecule has 2 aromatic rings. The zero-order chi connectivity index (χ0) is 14.7. The second-order valence-corrected chi connectivity index (χ2v) is 5.20. The summed E-state index contributed by atoms with van der Waals surface area (Å²) >= 11 is 0. The maximum absolute atomic E-state index is 6.24. The maximum atomic E-state index is 6.24. The van der Waals surface area contributed by atoms with Crippen LogP contribution in [0.4, 0.5) is 5.82 Å². The molecule has 0 fully saturated rings. The van der Waals surface area contributed by atoms with Crippen molar-refractivity contribution in [1.82, 2.24) is 9.55 Å². The lowest BCUT2D eigenvalue weighted by molar-refractivity contribution is 0.691. The molecule has 0 aliphatic carbocycles. The van der Waals surface area contributed by atoms with E-state index in [1.54, 1.807) is 0 Å². The molecule has 0 atom stereocenters. The van der Waals surface area contributed by atoms with Crippen LogP contribution < -0.4 is 5.73 Å². The lowest BCUT2D eigenvalue weighted by atomic mass is 10.1. The highest BCUT2D eigenvalue weighted by Crippen LogP contribution is 2.29. The number of nitrogen functional groups attached to an aromatic ring is 1. The summed E-state index contributed by atoms with van der Waals surface area (Å²) in [5.41, 5.74) is 9.41. The molecule has 3 heteroatoms. The lowest BCUT2D eigenvalue weighted by Crippen LogP contribution is -2.07. The molecule has 1 aromatic heterocycles. The Kier molecular flexibility index (Phi) is 4.14. The standard InChI is InChI=1S/C17H21N3/c1-5-11-20-16(18)15(19-17(20)12(3)4)14-9-7-13(6-2)8-10-14/h1,7-10,12H,6,11,18H2,2-4H3. The van der Waals surface area contributed by atoms with E-state index in [0.717, 1.165) is 23.5 Å². The molecule has 2 N–H and O–H groups in total. The first-order valence-corrected chi connectivity index (χ1v) is 6.97. The predicted molar refractivity (Wildman–Crippen MR) is 84.4 cm³/mol. The number of anilines is 1. The highest BCUT2D eigenvalue weighted by molar-refractivity contribution is 5.71. The van der Waals surface area contributed by atoms with E-state index in [0.29, 0.717) is 12.4 Å². The van der Waals surface area contributed by atoms with Gasteiger partial charge in [-0.05, 0) is 12.0 Å². The maximum Gasteiger partial charge on any atom is 0.132 e. The van der Waals surface area contributed by atoms with Gasteiger partial charge in [-0.1, -0.05) is 51.0 Å². The van der Waals surface area contributed by atoms with E-state index in [-0.39, 0.29) is 5.92 Å². The van der Waals surface area contributed by atoms with Crippen LogP contribution in [0.3, 0.4) is 0 Å². The topological polar surface area (TPSA) is 43.8 Å². The summed E-state index contributed by atoms with van der Waals surface area (Å²) in [6.45, 7) is 6.79. The van der Waals surface area contributed by atoms with Crippen LogP contribution in [-0.2, 0) is 13.0 Å². The van der Waals surface area contributed by atoms with E-state index >= 15 is 0 Å². The van der Waals surface area contributed by atoms with Crippen molar-refractivity contribution in [2.45, 2.75) is 39.7 Å². The number of benzene rings is 1. The third-order valence-corrected chi connectivity index (χ3v) is 3.44. The first kappa shape index (κ1) is 14.2. The Morgan fingerprint density at radius 1 is 1.30 bits per heavy atom. The third kappa shape index (κ3) is 2.55. The summed E-state index contributed by atoms with van der Waals surface area (Å²) in [5.74, 6) is 4.52. The summed E-state index contributed by atoms with van der Waals surface area (Å²) in [6, 6.07) is 8.37. The molecule has 0 bridgehead atoms. The smallest absolute Gasteiger partial charge is 0.132 e. The first-order chi connectivity index (χ1) is 9.58. The molecule has 0 aliphatic rings. The number of aromatic nitrogens is 2. The second kappa shape index (κ2) is 5.83. The molecule has 1 heterocycles. The van der Waals surface area contributed by atoms with Gasteiger partial charge in [0.25, 0.3) is 0 Å². The molecule has 0 aliphatic heterocycles. The van der Waals surface area contributed by atoms with Gasteiger partial charge >= 0.3 is 0 Å². The summed E-state index contributed by atoms with van der Waals surface area (Å²) in [4.78, 5) is 4.70. The molecule has 1 aromatic carbocycles. The van der Waals surface area contributed by atoms with Gasteiger partial charge < -0.3 is 10.3 Å². The number of hydrogen-bond acceptors (Lipinski definition) is 2. The van der Waals surface area contributed by atoms with Crippen LogP contribution in [0.15, 0.2) is 24.3 Å². The fourth-order valence-electron chi connectivity index (χ4n) is 2.29. The van der Waals surface area contributed by atoms with E-state index in [1.807, 2.05) is 4.57 Å². The largest absolute Gasteiger partial charge is 0.383 e. The summed E-state index contributed by atoms with van der Waals surface area (Å²) < 4.78 is 1.92. The minimum absolute atomic E-state index is 0.286. The van der Waals surface area contributed by atoms with Gasteiger partial charge in [-0.2, -0.15) is 0 Å². The Bertz CT molecular complexity index is 627. The van der Waals surface area contributed by atoms with E-state index < -0.39 is 0 Å². The number of aryl methyl sites for hydroxylation is 1. The van der Waals surface area contributed by atoms with Gasteiger partial charge in [0.05, 0.1) is 6.54 Å². The van der Waals surface area contributed by atoms with Crippen LogP contribution in [0, 0.1) is 12.3 Å². The number of nitrogens with zero attached hydrogens (tertiary/aromatic N) is 2. The van der Waals surface area contributed by atoms with E-state index in [4.69, 9.17) is 17.1 Å². The molecule has 2 rings (SSSR count). The molecule has 0 radical (unpaired) electrons. The van der Waals surface area contributed by atoms with Crippen molar-refractivity contribution in [2.75, 3.05) is 5.73 Å². The molecule has 0 amide bonds. The number of rotatable bonds is 4. The van der Waals surface area contributed by atoms with Gasteiger partial charge in [0.15, 0.2) is 0 Å². The number of terminal acetylenes is 1. The Morgan fingerprint density at radius 2 is 1.95 bits per heavy atom. The van der Waals surface area contributed by atoms with Gasteiger partial charge in [0.2, 0.25) is 0 Å². The van der Waals surface area contributed by atoms with Crippen LogP contribution in [0.25, 0.3) is 11.3 Å². The number of hydrogen-bond donors (Lipinski definition) is 1. The highest BCUT2D eigenvalue weighted by atomic mass is 15.1. The van der Waals surface area contributed by atoms with Gasteiger partial charge in [-0.25, -0.2) is 4.98 Å². The molecule has 0 unspecified atom stereocenters. The fourth-order valence-corrected chi connectivity index (χ4v) is 2.29. The van der Waals surface area contributed by atoms with E-state index in [9.17, 15) is 0 Å². The monoisotopic (exact) mass is 267 g/mol. The lowest BCUT2D eigenvalue weighted by Gasteiger charge is -2.08. The Balaban J connectivity index is 2.51. The molecule has 104 valence electrons. The van der Waals surface area contributed by atoms with Gasteiger partial charge in [0.1, 0.15) is 17.3 Å². The van der Waals surface area contributed by atoms with Crippen molar-refractivity contribution < 1.29 is 0 Å². The SMILES string of the molecule is C#CCn1c(C(C)C)nc(-c2ccc(CC)cc2)c1N. The molecule has 3 nitrogen and oxygen atoms in total. The zero-order valence-corrected chi connectivity index (χ0v) is 12.4. The van der Waals surface area contributed by atoms with E-state index in [1.165, 1.54) is 5.56 Å². The second-order valence-electron chi connectivity index (χ2n) is 5.20. The molecule has 0 spiro atoms. The Hall–Kier alpha value is -2.21. The molecular formula is C17H21N3. The van der Waals surface area contributed by atoms with Gasteiger partial charge in [0, 0.05) is 11.5 Å². The normalized spacial score (nSPS) is 10.8. The number of nitrogens with two attached hydrogens (primary N) is 1. The van der Waals surface area contributed by atoms with Crippen molar-refractivity contribution in [2.24, 2.45) is 0 Å². The van der Waals surface area contributed by atoms with Crippen molar-refractivity contribution in [3.63, 3.8) is 0 Å². The molecule has 0 saturated carbocycles. The zero-order valence-electron chi connectivity index (χ0n) is 12.4. The average Bonchev–Trinajstić information content (AvgIpc) is 2.77. The molecule has 20 heavy (non-hydrogen) atoms. The van der Waals surface area contributed by atoms with Crippen molar-refractivity contribution in [3.05, 3.63) is 35.7 Å². The minimum Gasteiger partial charge on any atom is -0.383 e. The summed E-state index contributed by atoms with van der Waals surface area (Å²) in [5, 5.41) is 0. The van der Waals surface area contributed by atoms with Gasteiger partial charge in [-0.3, -0.25) is 0 Å². The van der Waals surface area contributed by atoms with Crippen LogP contribution in [0.2, 0.25) is 0 Å². The summed E-state index contributed by atoms with van der Waals surface area (Å²) in [7, 11) is 0. The van der Waals surface area contributed by atoms with Crippen LogP contribution >= 0.6 is 0 Å². The molecule has 0 saturated heterocycles. The van der Waals surface area contributed by atoms with Crippen LogP contribution in [0.1, 0.15) is 38.1 Å².